The third-order valence-electron chi connectivity index (χ3n) is 5.19. The van der Waals surface area contributed by atoms with E-state index in [0.717, 1.165) is 11.3 Å². The summed E-state index contributed by atoms with van der Waals surface area (Å²) in [5.41, 5.74) is 3.50. The van der Waals surface area contributed by atoms with Crippen LogP contribution in [0, 0.1) is 17.1 Å². The van der Waals surface area contributed by atoms with Crippen LogP contribution in [0.15, 0.2) is 96.7 Å². The second-order valence-electron chi connectivity index (χ2n) is 7.50. The number of hydrogen-bond acceptors (Lipinski definition) is 3. The van der Waals surface area contributed by atoms with E-state index in [4.69, 9.17) is 0 Å². The molecule has 0 saturated carbocycles. The van der Waals surface area contributed by atoms with Gasteiger partial charge in [0, 0.05) is 17.3 Å². The molecule has 4 aromatic rings. The van der Waals surface area contributed by atoms with Crippen molar-refractivity contribution in [3.63, 3.8) is 0 Å². The van der Waals surface area contributed by atoms with Crippen molar-refractivity contribution in [1.29, 1.82) is 5.26 Å². The number of aromatic nitrogens is 2. The van der Waals surface area contributed by atoms with E-state index in [9.17, 15) is 14.4 Å². The maximum Gasteiger partial charge on any atom is 0.262 e. The molecular formula is C27H21FN4O. The van der Waals surface area contributed by atoms with Crippen LogP contribution in [0.3, 0.4) is 0 Å². The number of rotatable bonds is 6. The molecule has 1 amide bonds. The van der Waals surface area contributed by atoms with Gasteiger partial charge < -0.3 is 5.32 Å². The molecule has 0 radical (unpaired) electrons. The molecule has 1 N–H and O–H groups in total. The highest BCUT2D eigenvalue weighted by molar-refractivity contribution is 6.02. The van der Waals surface area contributed by atoms with Crippen LogP contribution in [-0.2, 0) is 4.79 Å². The van der Waals surface area contributed by atoms with Gasteiger partial charge in [-0.15, -0.1) is 0 Å². The predicted octanol–water partition coefficient (Wildman–Crippen LogP) is 5.46. The van der Waals surface area contributed by atoms with E-state index in [1.807, 2.05) is 73.7 Å². The summed E-state index contributed by atoms with van der Waals surface area (Å²) in [6, 6.07) is 26.7. The average Bonchev–Trinajstić information content (AvgIpc) is 3.28. The molecule has 4 rings (SSSR count). The number of amides is 1. The smallest absolute Gasteiger partial charge is 0.262 e. The minimum Gasteiger partial charge on any atom is -0.345 e. The Kier molecular flexibility index (Phi) is 6.42. The standard InChI is InChI=1S/C27H21FN4O/c1-19(20-8-4-2-5-9-20)30-27(33)22(17-29)16-23-18-32(25-10-6-3-7-11-25)31-26(23)21-12-14-24(28)15-13-21/h2-16,18-19H,1H3,(H,30,33)/b22-16+/t19-/m0/s1. The number of nitrogens with one attached hydrogen (secondary N) is 1. The molecule has 0 fully saturated rings. The Hall–Kier alpha value is -4.50. The van der Waals surface area contributed by atoms with Crippen LogP contribution in [0.1, 0.15) is 24.1 Å². The first-order chi connectivity index (χ1) is 16.0. The van der Waals surface area contributed by atoms with Crippen molar-refractivity contribution in [3.05, 3.63) is 114 Å². The third-order valence-corrected chi connectivity index (χ3v) is 5.19. The molecule has 0 aliphatic rings. The molecular weight excluding hydrogens is 415 g/mol. The van der Waals surface area contributed by atoms with Gasteiger partial charge in [-0.25, -0.2) is 9.07 Å². The van der Waals surface area contributed by atoms with Gasteiger partial charge in [0.2, 0.25) is 0 Å². The first-order valence-corrected chi connectivity index (χ1v) is 10.4. The number of nitriles is 1. The van der Waals surface area contributed by atoms with Gasteiger partial charge in [-0.2, -0.15) is 10.4 Å². The lowest BCUT2D eigenvalue weighted by molar-refractivity contribution is -0.117. The molecule has 0 spiro atoms. The summed E-state index contributed by atoms with van der Waals surface area (Å²) < 4.78 is 15.1. The van der Waals surface area contributed by atoms with E-state index in [2.05, 4.69) is 10.4 Å². The first-order valence-electron chi connectivity index (χ1n) is 10.4. The van der Waals surface area contributed by atoms with E-state index in [1.54, 1.807) is 23.0 Å². The summed E-state index contributed by atoms with van der Waals surface area (Å²) in [6.45, 7) is 1.86. The number of hydrogen-bond donors (Lipinski definition) is 1. The highest BCUT2D eigenvalue weighted by Crippen LogP contribution is 2.26. The van der Waals surface area contributed by atoms with Crippen molar-refractivity contribution in [2.24, 2.45) is 0 Å². The van der Waals surface area contributed by atoms with Gasteiger partial charge in [-0.3, -0.25) is 4.79 Å². The molecule has 1 heterocycles. The number of nitrogens with zero attached hydrogens (tertiary/aromatic N) is 3. The molecule has 0 saturated heterocycles. The maximum absolute atomic E-state index is 13.5. The van der Waals surface area contributed by atoms with Crippen LogP contribution in [-0.4, -0.2) is 15.7 Å². The minimum absolute atomic E-state index is 0.0474. The monoisotopic (exact) mass is 436 g/mol. The summed E-state index contributed by atoms with van der Waals surface area (Å²) in [6.07, 6.45) is 3.26. The second kappa shape index (κ2) is 9.75. The molecule has 5 nitrogen and oxygen atoms in total. The third kappa shape index (κ3) is 5.05. The average molecular weight is 436 g/mol. The lowest BCUT2D eigenvalue weighted by atomic mass is 10.0. The predicted molar refractivity (Wildman–Crippen MR) is 126 cm³/mol. The fraction of sp³-hybridized carbons (Fsp3) is 0.0741. The number of halogens is 1. The van der Waals surface area contributed by atoms with Crippen LogP contribution in [0.25, 0.3) is 23.0 Å². The molecule has 1 aromatic heterocycles. The summed E-state index contributed by atoms with van der Waals surface area (Å²) in [5, 5.41) is 17.2. The number of carbonyl (C=O) groups excluding carboxylic acids is 1. The molecule has 0 aliphatic heterocycles. The van der Waals surface area contributed by atoms with E-state index in [1.165, 1.54) is 18.2 Å². The fourth-order valence-corrected chi connectivity index (χ4v) is 3.44. The Morgan fingerprint density at radius 3 is 2.30 bits per heavy atom. The number of para-hydroxylation sites is 1. The summed E-state index contributed by atoms with van der Waals surface area (Å²) in [4.78, 5) is 12.9. The summed E-state index contributed by atoms with van der Waals surface area (Å²) in [5.74, 6) is -0.836. The lowest BCUT2D eigenvalue weighted by Gasteiger charge is -2.13. The maximum atomic E-state index is 13.5. The van der Waals surface area contributed by atoms with E-state index in [0.29, 0.717) is 16.8 Å². The Morgan fingerprint density at radius 2 is 1.67 bits per heavy atom. The molecule has 33 heavy (non-hydrogen) atoms. The van der Waals surface area contributed by atoms with Crippen molar-refractivity contribution in [3.8, 4) is 23.0 Å². The zero-order chi connectivity index (χ0) is 23.2. The highest BCUT2D eigenvalue weighted by atomic mass is 19.1. The highest BCUT2D eigenvalue weighted by Gasteiger charge is 2.17. The topological polar surface area (TPSA) is 70.7 Å². The van der Waals surface area contributed by atoms with E-state index in [-0.39, 0.29) is 17.4 Å². The largest absolute Gasteiger partial charge is 0.345 e. The molecule has 0 bridgehead atoms. The quantitative estimate of drug-likeness (QED) is 0.322. The van der Waals surface area contributed by atoms with Crippen LogP contribution >= 0.6 is 0 Å². The number of benzene rings is 3. The van der Waals surface area contributed by atoms with Gasteiger partial charge in [-0.1, -0.05) is 48.5 Å². The zero-order valence-electron chi connectivity index (χ0n) is 17.9. The van der Waals surface area contributed by atoms with Gasteiger partial charge in [0.15, 0.2) is 0 Å². The van der Waals surface area contributed by atoms with Gasteiger partial charge in [0.05, 0.1) is 17.4 Å². The van der Waals surface area contributed by atoms with Crippen LogP contribution in [0.5, 0.6) is 0 Å². The zero-order valence-corrected chi connectivity index (χ0v) is 17.9. The Balaban J connectivity index is 1.71. The van der Waals surface area contributed by atoms with Crippen molar-refractivity contribution in [2.75, 3.05) is 0 Å². The summed E-state index contributed by atoms with van der Waals surface area (Å²) in [7, 11) is 0. The molecule has 0 aliphatic carbocycles. The number of carbonyl (C=O) groups is 1. The van der Waals surface area contributed by atoms with E-state index < -0.39 is 5.91 Å². The molecule has 3 aromatic carbocycles. The normalized spacial score (nSPS) is 12.1. The van der Waals surface area contributed by atoms with Gasteiger partial charge >= 0.3 is 0 Å². The molecule has 6 heteroatoms. The van der Waals surface area contributed by atoms with Crippen molar-refractivity contribution >= 4 is 12.0 Å². The molecule has 1 atom stereocenters. The van der Waals surface area contributed by atoms with Crippen LogP contribution < -0.4 is 5.32 Å². The fourth-order valence-electron chi connectivity index (χ4n) is 3.44. The SMILES string of the molecule is C[C@H](NC(=O)/C(C#N)=C/c1cn(-c2ccccc2)nc1-c1ccc(F)cc1)c1ccccc1. The Morgan fingerprint density at radius 1 is 1.03 bits per heavy atom. The van der Waals surface area contributed by atoms with Gasteiger partial charge in [-0.05, 0) is 55.0 Å². The van der Waals surface area contributed by atoms with E-state index >= 15 is 0 Å². The minimum atomic E-state index is -0.480. The lowest BCUT2D eigenvalue weighted by Crippen LogP contribution is -2.27. The van der Waals surface area contributed by atoms with Crippen molar-refractivity contribution < 1.29 is 9.18 Å². The molecule has 0 unspecified atom stereocenters. The second-order valence-corrected chi connectivity index (χ2v) is 7.50. The summed E-state index contributed by atoms with van der Waals surface area (Å²) >= 11 is 0. The van der Waals surface area contributed by atoms with Crippen LogP contribution in [0.4, 0.5) is 4.39 Å². The van der Waals surface area contributed by atoms with Gasteiger partial charge in [0.1, 0.15) is 17.5 Å². The van der Waals surface area contributed by atoms with Crippen molar-refractivity contribution in [1.82, 2.24) is 15.1 Å². The Bertz CT molecular complexity index is 1320. The van der Waals surface area contributed by atoms with Gasteiger partial charge in [0.25, 0.3) is 5.91 Å². The van der Waals surface area contributed by atoms with Crippen molar-refractivity contribution in [2.45, 2.75) is 13.0 Å². The molecule has 162 valence electrons. The van der Waals surface area contributed by atoms with Crippen LogP contribution in [0.2, 0.25) is 0 Å². The Labute approximate surface area is 191 Å². The first kappa shape index (κ1) is 21.7.